The molecular formula is C17H19BrN2O3. The molecule has 1 fully saturated rings. The Hall–Kier alpha value is -2.08. The van der Waals surface area contributed by atoms with Gasteiger partial charge in [0.25, 0.3) is 5.91 Å². The lowest BCUT2D eigenvalue weighted by atomic mass is 10.2. The Morgan fingerprint density at radius 1 is 1.43 bits per heavy atom. The Morgan fingerprint density at radius 3 is 2.78 bits per heavy atom. The number of rotatable bonds is 6. The summed E-state index contributed by atoms with van der Waals surface area (Å²) in [5, 5.41) is 2.57. The van der Waals surface area contributed by atoms with Crippen molar-refractivity contribution < 1.29 is 14.3 Å². The van der Waals surface area contributed by atoms with Crippen LogP contribution >= 0.6 is 15.9 Å². The molecule has 1 heterocycles. The van der Waals surface area contributed by atoms with E-state index in [4.69, 9.17) is 4.74 Å². The maximum Gasteiger partial charge on any atom is 0.329 e. The van der Waals surface area contributed by atoms with Crippen molar-refractivity contribution in [3.05, 3.63) is 46.6 Å². The van der Waals surface area contributed by atoms with Crippen LogP contribution in [-0.2, 0) is 4.79 Å². The standard InChI is InChI=1S/C17H19BrN2O3/c1-4-8-20-16(21)14(19-17(20)22)10-12-6-7-15(13(18)9-12)23-11(3)5-2/h4,6-7,9-11H,1,5,8H2,2-3H3,(H,19,22)/b14-10-/t11-/m1/s1. The zero-order valence-corrected chi connectivity index (χ0v) is 14.7. The molecule has 0 spiro atoms. The molecule has 0 aromatic heterocycles. The number of hydrogen-bond donors (Lipinski definition) is 1. The number of carbonyl (C=O) groups is 2. The average Bonchev–Trinajstić information content (AvgIpc) is 2.78. The van der Waals surface area contributed by atoms with Gasteiger partial charge in [-0.15, -0.1) is 6.58 Å². The molecule has 0 saturated carbocycles. The fraction of sp³-hybridized carbons (Fsp3) is 0.294. The molecule has 1 atom stereocenters. The molecule has 5 nitrogen and oxygen atoms in total. The molecule has 2 rings (SSSR count). The van der Waals surface area contributed by atoms with Gasteiger partial charge >= 0.3 is 6.03 Å². The second-order valence-electron chi connectivity index (χ2n) is 5.22. The minimum absolute atomic E-state index is 0.124. The van der Waals surface area contributed by atoms with E-state index in [-0.39, 0.29) is 24.3 Å². The molecule has 0 bridgehead atoms. The third-order valence-corrected chi connectivity index (χ3v) is 4.06. The maximum absolute atomic E-state index is 12.1. The predicted molar refractivity (Wildman–Crippen MR) is 92.9 cm³/mol. The number of carbonyl (C=O) groups excluding carboxylic acids is 2. The lowest BCUT2D eigenvalue weighted by Gasteiger charge is -2.14. The van der Waals surface area contributed by atoms with Crippen LogP contribution in [0.1, 0.15) is 25.8 Å². The van der Waals surface area contributed by atoms with Crippen molar-refractivity contribution in [2.75, 3.05) is 6.54 Å². The topological polar surface area (TPSA) is 58.6 Å². The Bertz CT molecular complexity index is 670. The highest BCUT2D eigenvalue weighted by Gasteiger charge is 2.32. The van der Waals surface area contributed by atoms with Crippen LogP contribution in [0.5, 0.6) is 5.75 Å². The van der Waals surface area contributed by atoms with Gasteiger partial charge < -0.3 is 10.1 Å². The first-order valence-electron chi connectivity index (χ1n) is 7.38. The molecule has 1 N–H and O–H groups in total. The van der Waals surface area contributed by atoms with Gasteiger partial charge in [0.2, 0.25) is 0 Å². The van der Waals surface area contributed by atoms with Gasteiger partial charge in [0, 0.05) is 6.54 Å². The fourth-order valence-corrected chi connectivity index (χ4v) is 2.53. The van der Waals surface area contributed by atoms with Gasteiger partial charge in [-0.05, 0) is 53.0 Å². The van der Waals surface area contributed by atoms with Crippen molar-refractivity contribution in [3.63, 3.8) is 0 Å². The quantitative estimate of drug-likeness (QED) is 0.466. The number of nitrogens with zero attached hydrogens (tertiary/aromatic N) is 1. The van der Waals surface area contributed by atoms with E-state index in [1.54, 1.807) is 6.08 Å². The molecule has 1 aliphatic rings. The molecule has 0 radical (unpaired) electrons. The van der Waals surface area contributed by atoms with Crippen LogP contribution in [0.25, 0.3) is 6.08 Å². The molecule has 1 aliphatic heterocycles. The summed E-state index contributed by atoms with van der Waals surface area (Å²) in [7, 11) is 0. The van der Waals surface area contributed by atoms with Crippen LogP contribution in [0.2, 0.25) is 0 Å². The SMILES string of the molecule is C=CCN1C(=O)N/C(=C\c2ccc(O[C@H](C)CC)c(Br)c2)C1=O. The number of hydrogen-bond acceptors (Lipinski definition) is 3. The summed E-state index contributed by atoms with van der Waals surface area (Å²) in [6, 6.07) is 5.09. The van der Waals surface area contributed by atoms with Crippen molar-refractivity contribution in [1.29, 1.82) is 0 Å². The second kappa shape index (κ2) is 7.46. The van der Waals surface area contributed by atoms with Crippen molar-refractivity contribution in [3.8, 4) is 5.75 Å². The summed E-state index contributed by atoms with van der Waals surface area (Å²) >= 11 is 3.47. The monoisotopic (exact) mass is 378 g/mol. The molecule has 0 unspecified atom stereocenters. The lowest BCUT2D eigenvalue weighted by molar-refractivity contribution is -0.122. The summed E-state index contributed by atoms with van der Waals surface area (Å²) in [4.78, 5) is 25.0. The zero-order valence-electron chi connectivity index (χ0n) is 13.1. The van der Waals surface area contributed by atoms with Crippen LogP contribution in [0, 0.1) is 0 Å². The summed E-state index contributed by atoms with van der Waals surface area (Å²) in [6.07, 6.45) is 4.19. The molecule has 1 aromatic carbocycles. The van der Waals surface area contributed by atoms with E-state index in [0.29, 0.717) is 0 Å². The van der Waals surface area contributed by atoms with Crippen molar-refractivity contribution in [1.82, 2.24) is 10.2 Å². The highest BCUT2D eigenvalue weighted by molar-refractivity contribution is 9.10. The smallest absolute Gasteiger partial charge is 0.329 e. The Kier molecular flexibility index (Phi) is 5.60. The maximum atomic E-state index is 12.1. The van der Waals surface area contributed by atoms with Crippen LogP contribution in [0.4, 0.5) is 4.79 Å². The number of imide groups is 1. The van der Waals surface area contributed by atoms with Gasteiger partial charge in [0.1, 0.15) is 11.4 Å². The zero-order chi connectivity index (χ0) is 17.0. The summed E-state index contributed by atoms with van der Waals surface area (Å²) in [6.45, 7) is 7.79. The number of amides is 3. The van der Waals surface area contributed by atoms with Gasteiger partial charge in [-0.1, -0.05) is 19.1 Å². The van der Waals surface area contributed by atoms with Gasteiger partial charge in [-0.25, -0.2) is 4.79 Å². The largest absolute Gasteiger partial charge is 0.490 e. The second-order valence-corrected chi connectivity index (χ2v) is 6.07. The summed E-state index contributed by atoms with van der Waals surface area (Å²) in [5.41, 5.74) is 1.04. The molecule has 6 heteroatoms. The van der Waals surface area contributed by atoms with Gasteiger partial charge in [-0.3, -0.25) is 9.69 Å². The Balaban J connectivity index is 2.20. The van der Waals surface area contributed by atoms with E-state index >= 15 is 0 Å². The minimum Gasteiger partial charge on any atom is -0.490 e. The third kappa shape index (κ3) is 4.01. The molecule has 3 amide bonds. The van der Waals surface area contributed by atoms with E-state index in [0.717, 1.165) is 27.1 Å². The first-order chi connectivity index (χ1) is 11.0. The fourth-order valence-electron chi connectivity index (χ4n) is 2.04. The van der Waals surface area contributed by atoms with E-state index in [1.807, 2.05) is 25.1 Å². The number of benzene rings is 1. The van der Waals surface area contributed by atoms with Crippen LogP contribution in [0.15, 0.2) is 41.0 Å². The Morgan fingerprint density at radius 2 is 2.17 bits per heavy atom. The normalized spacial score (nSPS) is 17.3. The van der Waals surface area contributed by atoms with Crippen LogP contribution < -0.4 is 10.1 Å². The average molecular weight is 379 g/mol. The molecule has 1 aromatic rings. The molecule has 23 heavy (non-hydrogen) atoms. The van der Waals surface area contributed by atoms with Crippen LogP contribution in [0.3, 0.4) is 0 Å². The third-order valence-electron chi connectivity index (χ3n) is 3.44. The van der Waals surface area contributed by atoms with Gasteiger partial charge in [-0.2, -0.15) is 0 Å². The summed E-state index contributed by atoms with van der Waals surface area (Å²) in [5.74, 6) is 0.391. The number of halogens is 1. The minimum atomic E-state index is -0.433. The predicted octanol–water partition coefficient (Wildman–Crippen LogP) is 3.71. The molecule has 1 saturated heterocycles. The van der Waals surface area contributed by atoms with Crippen molar-refractivity contribution in [2.24, 2.45) is 0 Å². The number of ether oxygens (including phenoxy) is 1. The lowest BCUT2D eigenvalue weighted by Crippen LogP contribution is -2.30. The van der Waals surface area contributed by atoms with E-state index < -0.39 is 6.03 Å². The van der Waals surface area contributed by atoms with E-state index in [1.165, 1.54) is 6.08 Å². The summed E-state index contributed by atoms with van der Waals surface area (Å²) < 4.78 is 6.58. The van der Waals surface area contributed by atoms with Crippen molar-refractivity contribution in [2.45, 2.75) is 26.4 Å². The highest BCUT2D eigenvalue weighted by atomic mass is 79.9. The van der Waals surface area contributed by atoms with Crippen molar-refractivity contribution >= 4 is 33.9 Å². The van der Waals surface area contributed by atoms with E-state index in [2.05, 4.69) is 34.7 Å². The number of urea groups is 1. The molecule has 122 valence electrons. The van der Waals surface area contributed by atoms with E-state index in [9.17, 15) is 9.59 Å². The highest BCUT2D eigenvalue weighted by Crippen LogP contribution is 2.28. The van der Waals surface area contributed by atoms with Gasteiger partial charge in [0.15, 0.2) is 0 Å². The molecular weight excluding hydrogens is 360 g/mol. The number of nitrogens with one attached hydrogen (secondary N) is 1. The Labute approximate surface area is 144 Å². The first kappa shape index (κ1) is 17.3. The first-order valence-corrected chi connectivity index (χ1v) is 8.17. The van der Waals surface area contributed by atoms with Crippen LogP contribution in [-0.4, -0.2) is 29.5 Å². The van der Waals surface area contributed by atoms with Gasteiger partial charge in [0.05, 0.1) is 10.6 Å². The molecule has 0 aliphatic carbocycles.